The van der Waals surface area contributed by atoms with E-state index in [1.807, 2.05) is 6.07 Å². The van der Waals surface area contributed by atoms with Crippen LogP contribution in [0.25, 0.3) is 0 Å². The molecular formula is C11H17NO2. The number of hydrogen-bond acceptors (Lipinski definition) is 3. The molecule has 1 aliphatic carbocycles. The van der Waals surface area contributed by atoms with E-state index < -0.39 is 0 Å². The molecule has 0 spiro atoms. The number of ether oxygens (including phenoxy) is 1. The van der Waals surface area contributed by atoms with Gasteiger partial charge in [0.15, 0.2) is 0 Å². The summed E-state index contributed by atoms with van der Waals surface area (Å²) >= 11 is 0. The minimum atomic E-state index is 0.0361. The summed E-state index contributed by atoms with van der Waals surface area (Å²) in [5.74, 6) is 0. The van der Waals surface area contributed by atoms with Crippen LogP contribution in [0.3, 0.4) is 0 Å². The predicted octanol–water partition coefficient (Wildman–Crippen LogP) is 2.24. The zero-order chi connectivity index (χ0) is 10.0. The fraction of sp³-hybridized carbons (Fsp3) is 0.636. The van der Waals surface area contributed by atoms with Gasteiger partial charge in [-0.15, -0.1) is 0 Å². The maximum atomic E-state index is 6.07. The van der Waals surface area contributed by atoms with Crippen LogP contribution in [-0.2, 0) is 4.74 Å². The topological polar surface area (TPSA) is 48.4 Å². The van der Waals surface area contributed by atoms with Gasteiger partial charge in [0.1, 0.15) is 0 Å². The number of nitrogens with two attached hydrogens (primary N) is 1. The van der Waals surface area contributed by atoms with Gasteiger partial charge < -0.3 is 14.9 Å². The molecule has 2 rings (SSSR count). The van der Waals surface area contributed by atoms with E-state index in [0.717, 1.165) is 24.8 Å². The summed E-state index contributed by atoms with van der Waals surface area (Å²) in [5.41, 5.74) is 7.17. The van der Waals surface area contributed by atoms with Crippen molar-refractivity contribution in [1.82, 2.24) is 0 Å². The summed E-state index contributed by atoms with van der Waals surface area (Å²) in [4.78, 5) is 0. The van der Waals surface area contributed by atoms with E-state index >= 15 is 0 Å². The van der Waals surface area contributed by atoms with Gasteiger partial charge in [0.05, 0.1) is 18.1 Å². The van der Waals surface area contributed by atoms with E-state index in [-0.39, 0.29) is 11.6 Å². The Morgan fingerprint density at radius 3 is 2.86 bits per heavy atom. The zero-order valence-corrected chi connectivity index (χ0v) is 8.53. The van der Waals surface area contributed by atoms with Crippen LogP contribution < -0.4 is 5.73 Å². The van der Waals surface area contributed by atoms with Crippen LogP contribution >= 0.6 is 0 Å². The molecule has 0 amide bonds. The Bertz CT molecular complexity index is 272. The summed E-state index contributed by atoms with van der Waals surface area (Å²) in [6.07, 6.45) is 7.79. The van der Waals surface area contributed by atoms with Crippen LogP contribution in [0.4, 0.5) is 0 Å². The second-order valence-electron chi connectivity index (χ2n) is 4.11. The van der Waals surface area contributed by atoms with Gasteiger partial charge in [0.25, 0.3) is 0 Å². The van der Waals surface area contributed by atoms with Crippen molar-refractivity contribution in [3.05, 3.63) is 24.2 Å². The average molecular weight is 195 g/mol. The molecule has 1 atom stereocenters. The van der Waals surface area contributed by atoms with Gasteiger partial charge >= 0.3 is 0 Å². The van der Waals surface area contributed by atoms with Crippen molar-refractivity contribution in [3.63, 3.8) is 0 Å². The summed E-state index contributed by atoms with van der Waals surface area (Å²) in [7, 11) is 1.78. The molecule has 1 fully saturated rings. The van der Waals surface area contributed by atoms with Crippen LogP contribution in [0.1, 0.15) is 37.3 Å². The second-order valence-corrected chi connectivity index (χ2v) is 4.11. The van der Waals surface area contributed by atoms with Crippen molar-refractivity contribution >= 4 is 0 Å². The van der Waals surface area contributed by atoms with Crippen molar-refractivity contribution < 1.29 is 9.15 Å². The lowest BCUT2D eigenvalue weighted by atomic mass is 9.75. The molecule has 0 aliphatic heterocycles. The first-order valence-corrected chi connectivity index (χ1v) is 5.09. The molecule has 1 heterocycles. The van der Waals surface area contributed by atoms with Crippen molar-refractivity contribution in [2.24, 2.45) is 5.73 Å². The maximum Gasteiger partial charge on any atom is 0.0950 e. The fourth-order valence-electron chi connectivity index (χ4n) is 2.07. The Kier molecular flexibility index (Phi) is 2.61. The van der Waals surface area contributed by atoms with Gasteiger partial charge in [-0.3, -0.25) is 0 Å². The first-order valence-electron chi connectivity index (χ1n) is 5.09. The third-order valence-corrected chi connectivity index (χ3v) is 3.26. The zero-order valence-electron chi connectivity index (χ0n) is 8.53. The minimum absolute atomic E-state index is 0.0361. The summed E-state index contributed by atoms with van der Waals surface area (Å²) in [6, 6.07) is 1.96. The molecule has 3 nitrogen and oxygen atoms in total. The Balaban J connectivity index is 1.97. The molecule has 0 bridgehead atoms. The molecule has 0 saturated heterocycles. The van der Waals surface area contributed by atoms with Gasteiger partial charge in [-0.05, 0) is 31.7 Å². The maximum absolute atomic E-state index is 6.07. The molecule has 2 N–H and O–H groups in total. The quantitative estimate of drug-likeness (QED) is 0.801. The summed E-state index contributed by atoms with van der Waals surface area (Å²) in [6.45, 7) is 0. The van der Waals surface area contributed by atoms with E-state index in [2.05, 4.69) is 0 Å². The Hall–Kier alpha value is -0.800. The Morgan fingerprint density at radius 2 is 2.43 bits per heavy atom. The lowest BCUT2D eigenvalue weighted by Crippen LogP contribution is -2.41. The van der Waals surface area contributed by atoms with Crippen molar-refractivity contribution in [2.75, 3.05) is 7.11 Å². The summed E-state index contributed by atoms with van der Waals surface area (Å²) < 4.78 is 10.5. The third kappa shape index (κ3) is 1.70. The number of furan rings is 1. The van der Waals surface area contributed by atoms with Crippen molar-refractivity contribution in [2.45, 2.75) is 37.3 Å². The van der Waals surface area contributed by atoms with Crippen LogP contribution in [0.2, 0.25) is 0 Å². The molecule has 1 unspecified atom stereocenters. The molecule has 1 aliphatic rings. The summed E-state index contributed by atoms with van der Waals surface area (Å²) in [5, 5.41) is 0. The minimum Gasteiger partial charge on any atom is -0.472 e. The largest absolute Gasteiger partial charge is 0.472 e. The molecule has 1 aromatic rings. The second kappa shape index (κ2) is 3.75. The normalized spacial score (nSPS) is 21.6. The lowest BCUT2D eigenvalue weighted by Gasteiger charge is -2.42. The SMILES string of the molecule is COC1(CC(N)c2ccoc2)CCC1. The monoisotopic (exact) mass is 195 g/mol. The van der Waals surface area contributed by atoms with Gasteiger partial charge in [-0.25, -0.2) is 0 Å². The first-order chi connectivity index (χ1) is 6.76. The highest BCUT2D eigenvalue weighted by molar-refractivity contribution is 5.12. The molecule has 3 heteroatoms. The molecule has 14 heavy (non-hydrogen) atoms. The molecule has 78 valence electrons. The first kappa shape index (κ1) is 9.74. The average Bonchev–Trinajstić information content (AvgIpc) is 2.63. The van der Waals surface area contributed by atoms with Crippen LogP contribution in [-0.4, -0.2) is 12.7 Å². The van der Waals surface area contributed by atoms with Crippen LogP contribution in [0.15, 0.2) is 23.0 Å². The molecular weight excluding hydrogens is 178 g/mol. The molecule has 0 aromatic carbocycles. The van der Waals surface area contributed by atoms with Crippen molar-refractivity contribution in [1.29, 1.82) is 0 Å². The van der Waals surface area contributed by atoms with Gasteiger partial charge in [0, 0.05) is 18.7 Å². The predicted molar refractivity (Wildman–Crippen MR) is 53.8 cm³/mol. The lowest BCUT2D eigenvalue weighted by molar-refractivity contribution is -0.0817. The standard InChI is InChI=1S/C11H17NO2/c1-13-11(4-2-5-11)7-10(12)9-3-6-14-8-9/h3,6,8,10H,2,4-5,7,12H2,1H3. The van der Waals surface area contributed by atoms with E-state index in [4.69, 9.17) is 14.9 Å². The smallest absolute Gasteiger partial charge is 0.0950 e. The van der Waals surface area contributed by atoms with E-state index in [1.54, 1.807) is 19.6 Å². The highest BCUT2D eigenvalue weighted by atomic mass is 16.5. The number of rotatable bonds is 4. The third-order valence-electron chi connectivity index (χ3n) is 3.26. The number of hydrogen-bond donors (Lipinski definition) is 1. The van der Waals surface area contributed by atoms with Crippen LogP contribution in [0.5, 0.6) is 0 Å². The van der Waals surface area contributed by atoms with Gasteiger partial charge in [-0.1, -0.05) is 0 Å². The molecule has 1 saturated carbocycles. The molecule has 0 radical (unpaired) electrons. The van der Waals surface area contributed by atoms with Gasteiger partial charge in [-0.2, -0.15) is 0 Å². The Labute approximate surface area is 84.2 Å². The van der Waals surface area contributed by atoms with Crippen LogP contribution in [0, 0.1) is 0 Å². The van der Waals surface area contributed by atoms with E-state index in [0.29, 0.717) is 0 Å². The van der Waals surface area contributed by atoms with E-state index in [1.165, 1.54) is 6.42 Å². The highest BCUT2D eigenvalue weighted by Gasteiger charge is 2.38. The van der Waals surface area contributed by atoms with Gasteiger partial charge in [0.2, 0.25) is 0 Å². The van der Waals surface area contributed by atoms with Crippen molar-refractivity contribution in [3.8, 4) is 0 Å². The van der Waals surface area contributed by atoms with E-state index in [9.17, 15) is 0 Å². The number of methoxy groups -OCH3 is 1. The fourth-order valence-corrected chi connectivity index (χ4v) is 2.07. The highest BCUT2D eigenvalue weighted by Crippen LogP contribution is 2.41. The molecule has 1 aromatic heterocycles. The Morgan fingerprint density at radius 1 is 1.64 bits per heavy atom.